The summed E-state index contributed by atoms with van der Waals surface area (Å²) in [4.78, 5) is 0. The number of unbranched alkanes of at least 4 members (excludes halogenated alkanes) is 13. The van der Waals surface area contributed by atoms with Crippen LogP contribution in [-0.4, -0.2) is 35.1 Å². The van der Waals surface area contributed by atoms with E-state index in [4.69, 9.17) is 4.74 Å². The van der Waals surface area contributed by atoms with Gasteiger partial charge in [0, 0.05) is 6.61 Å². The van der Waals surface area contributed by atoms with Gasteiger partial charge in [0.1, 0.15) is 5.60 Å². The zero-order valence-electron chi connectivity index (χ0n) is 17.1. The molecule has 3 heteroatoms. The smallest absolute Gasteiger partial charge is 0.114 e. The summed E-state index contributed by atoms with van der Waals surface area (Å²) in [6.45, 7) is 8.48. The summed E-state index contributed by atoms with van der Waals surface area (Å²) in [5.41, 5.74) is -1.37. The molecule has 0 aliphatic rings. The molecule has 0 saturated carbocycles. The van der Waals surface area contributed by atoms with Crippen molar-refractivity contribution in [1.82, 2.24) is 0 Å². The molecule has 0 saturated heterocycles. The molecular formula is C22H45O3. The van der Waals surface area contributed by atoms with Gasteiger partial charge in [-0.1, -0.05) is 97.3 Å². The van der Waals surface area contributed by atoms with E-state index in [1.54, 1.807) is 0 Å². The first-order valence-electron chi connectivity index (χ1n) is 10.9. The number of hydrogen-bond acceptors (Lipinski definition) is 3. The SMILES string of the molecule is [CH2]C(O)(COCCCCCCCCCCCCCCCC)C(O)CC. The number of aliphatic hydroxyl groups is 2. The summed E-state index contributed by atoms with van der Waals surface area (Å²) in [7, 11) is 0. The van der Waals surface area contributed by atoms with Crippen LogP contribution in [0.4, 0.5) is 0 Å². The second kappa shape index (κ2) is 17.3. The van der Waals surface area contributed by atoms with Gasteiger partial charge in [0.25, 0.3) is 0 Å². The summed E-state index contributed by atoms with van der Waals surface area (Å²) in [6, 6.07) is 0. The van der Waals surface area contributed by atoms with E-state index in [1.807, 2.05) is 6.92 Å². The van der Waals surface area contributed by atoms with Crippen molar-refractivity contribution >= 4 is 0 Å². The van der Waals surface area contributed by atoms with E-state index in [9.17, 15) is 10.2 Å². The minimum atomic E-state index is -1.37. The van der Waals surface area contributed by atoms with E-state index < -0.39 is 11.7 Å². The first-order chi connectivity index (χ1) is 12.0. The van der Waals surface area contributed by atoms with E-state index in [0.717, 1.165) is 6.42 Å². The maximum Gasteiger partial charge on any atom is 0.114 e. The van der Waals surface area contributed by atoms with Gasteiger partial charge in [-0.3, -0.25) is 0 Å². The van der Waals surface area contributed by atoms with Crippen molar-refractivity contribution < 1.29 is 14.9 Å². The van der Waals surface area contributed by atoms with Crippen LogP contribution < -0.4 is 0 Å². The van der Waals surface area contributed by atoms with Gasteiger partial charge in [-0.2, -0.15) is 0 Å². The maximum atomic E-state index is 9.91. The molecule has 0 aliphatic carbocycles. The van der Waals surface area contributed by atoms with Crippen molar-refractivity contribution in [2.45, 2.75) is 122 Å². The van der Waals surface area contributed by atoms with Gasteiger partial charge < -0.3 is 14.9 Å². The van der Waals surface area contributed by atoms with E-state index in [0.29, 0.717) is 13.0 Å². The molecule has 0 heterocycles. The van der Waals surface area contributed by atoms with Crippen molar-refractivity contribution in [3.05, 3.63) is 6.92 Å². The van der Waals surface area contributed by atoms with Crippen molar-refractivity contribution in [2.24, 2.45) is 0 Å². The highest BCUT2D eigenvalue weighted by Crippen LogP contribution is 2.14. The lowest BCUT2D eigenvalue weighted by Crippen LogP contribution is -2.43. The molecule has 2 N–H and O–H groups in total. The van der Waals surface area contributed by atoms with Gasteiger partial charge in [0.05, 0.1) is 12.7 Å². The Morgan fingerprint density at radius 1 is 0.760 bits per heavy atom. The van der Waals surface area contributed by atoms with Crippen molar-refractivity contribution in [3.8, 4) is 0 Å². The zero-order chi connectivity index (χ0) is 18.8. The van der Waals surface area contributed by atoms with Gasteiger partial charge in [0.2, 0.25) is 0 Å². The Morgan fingerprint density at radius 2 is 1.16 bits per heavy atom. The minimum Gasteiger partial charge on any atom is -0.390 e. The van der Waals surface area contributed by atoms with Crippen molar-refractivity contribution in [2.75, 3.05) is 13.2 Å². The van der Waals surface area contributed by atoms with E-state index in [-0.39, 0.29) is 6.61 Å². The third-order valence-corrected chi connectivity index (χ3v) is 5.00. The predicted molar refractivity (Wildman–Crippen MR) is 108 cm³/mol. The summed E-state index contributed by atoms with van der Waals surface area (Å²) in [5.74, 6) is 0. The van der Waals surface area contributed by atoms with Gasteiger partial charge in [-0.25, -0.2) is 0 Å². The lowest BCUT2D eigenvalue weighted by atomic mass is 9.98. The van der Waals surface area contributed by atoms with Gasteiger partial charge in [-0.15, -0.1) is 0 Å². The second-order valence-corrected chi connectivity index (χ2v) is 7.68. The molecule has 0 spiro atoms. The standard InChI is InChI=1S/C22H45O3/c1-4-6-7-8-9-10-11-12-13-14-15-16-17-18-19-25-20-22(3,24)21(23)5-2/h21,23-24H,3-20H2,1-2H3. The number of rotatable bonds is 19. The van der Waals surface area contributed by atoms with E-state index in [2.05, 4.69) is 13.8 Å². The number of hydrogen-bond donors (Lipinski definition) is 2. The molecule has 0 bridgehead atoms. The highest BCUT2D eigenvalue weighted by molar-refractivity contribution is 4.88. The summed E-state index contributed by atoms with van der Waals surface area (Å²) >= 11 is 0. The fraction of sp³-hybridized carbons (Fsp3) is 0.955. The second-order valence-electron chi connectivity index (χ2n) is 7.68. The Labute approximate surface area is 157 Å². The third kappa shape index (κ3) is 15.8. The summed E-state index contributed by atoms with van der Waals surface area (Å²) < 4.78 is 5.46. The van der Waals surface area contributed by atoms with Crippen LogP contribution in [0, 0.1) is 6.92 Å². The van der Waals surface area contributed by atoms with Gasteiger partial charge >= 0.3 is 0 Å². The quantitative estimate of drug-likeness (QED) is 0.286. The van der Waals surface area contributed by atoms with Crippen molar-refractivity contribution in [3.63, 3.8) is 0 Å². The molecule has 0 amide bonds. The molecule has 151 valence electrons. The summed E-state index contributed by atoms with van der Waals surface area (Å²) in [6.07, 6.45) is 18.5. The Morgan fingerprint density at radius 3 is 1.56 bits per heavy atom. The normalized spacial score (nSPS) is 15.2. The van der Waals surface area contributed by atoms with E-state index in [1.165, 1.54) is 83.5 Å². The highest BCUT2D eigenvalue weighted by Gasteiger charge is 2.29. The first-order valence-corrected chi connectivity index (χ1v) is 10.9. The maximum absolute atomic E-state index is 9.91. The average molecular weight is 358 g/mol. The Hall–Kier alpha value is -0.120. The Balaban J connectivity index is 3.19. The van der Waals surface area contributed by atoms with E-state index >= 15 is 0 Å². The molecule has 0 aromatic carbocycles. The largest absolute Gasteiger partial charge is 0.390 e. The Bertz CT molecular complexity index is 266. The third-order valence-electron chi connectivity index (χ3n) is 5.00. The molecule has 2 unspecified atom stereocenters. The van der Waals surface area contributed by atoms with Crippen LogP contribution in [0.15, 0.2) is 0 Å². The average Bonchev–Trinajstić information content (AvgIpc) is 2.60. The topological polar surface area (TPSA) is 49.7 Å². The fourth-order valence-corrected chi connectivity index (χ4v) is 3.12. The van der Waals surface area contributed by atoms with Crippen LogP contribution in [0.5, 0.6) is 0 Å². The zero-order valence-corrected chi connectivity index (χ0v) is 17.1. The van der Waals surface area contributed by atoms with Crippen LogP contribution >= 0.6 is 0 Å². The lowest BCUT2D eigenvalue weighted by molar-refractivity contribution is -0.0927. The Kier molecular flexibility index (Phi) is 17.2. The fourth-order valence-electron chi connectivity index (χ4n) is 3.12. The summed E-state index contributed by atoms with van der Waals surface area (Å²) in [5, 5.41) is 19.5. The molecule has 25 heavy (non-hydrogen) atoms. The van der Waals surface area contributed by atoms with Crippen LogP contribution in [0.25, 0.3) is 0 Å². The van der Waals surface area contributed by atoms with Crippen LogP contribution in [0.2, 0.25) is 0 Å². The molecule has 0 fully saturated rings. The first kappa shape index (κ1) is 24.9. The molecule has 0 aromatic rings. The highest BCUT2D eigenvalue weighted by atomic mass is 16.5. The molecule has 1 radical (unpaired) electrons. The predicted octanol–water partition coefficient (Wildman–Crippen LogP) is 5.82. The molecular weight excluding hydrogens is 312 g/mol. The monoisotopic (exact) mass is 357 g/mol. The molecule has 0 rings (SSSR count). The number of ether oxygens (including phenoxy) is 1. The molecule has 3 nitrogen and oxygen atoms in total. The van der Waals surface area contributed by atoms with Crippen LogP contribution in [-0.2, 0) is 4.74 Å². The minimum absolute atomic E-state index is 0.112. The van der Waals surface area contributed by atoms with Crippen LogP contribution in [0.3, 0.4) is 0 Å². The van der Waals surface area contributed by atoms with Gasteiger partial charge in [-0.05, 0) is 19.8 Å². The van der Waals surface area contributed by atoms with Crippen molar-refractivity contribution in [1.29, 1.82) is 0 Å². The lowest BCUT2D eigenvalue weighted by Gasteiger charge is -2.27. The molecule has 0 aromatic heterocycles. The van der Waals surface area contributed by atoms with Crippen LogP contribution in [0.1, 0.15) is 110 Å². The van der Waals surface area contributed by atoms with Gasteiger partial charge in [0.15, 0.2) is 0 Å². The number of aliphatic hydroxyl groups excluding tert-OH is 1. The molecule has 0 aliphatic heterocycles. The molecule has 2 atom stereocenters.